The lowest BCUT2D eigenvalue weighted by molar-refractivity contribution is -0.116. The lowest BCUT2D eigenvalue weighted by Gasteiger charge is -2.50. The molecule has 0 amide bonds. The summed E-state index contributed by atoms with van der Waals surface area (Å²) in [7, 11) is 2.25. The molecule has 2 aliphatic heterocycles. The quantitative estimate of drug-likeness (QED) is 0.738. The monoisotopic (exact) mass is 335 g/mol. The van der Waals surface area contributed by atoms with Gasteiger partial charge in [-0.1, -0.05) is 0 Å². The first-order valence-electron chi connectivity index (χ1n) is 9.35. The number of hydrogen-bond donors (Lipinski definition) is 0. The van der Waals surface area contributed by atoms with Crippen molar-refractivity contribution in [2.45, 2.75) is 92.1 Å². The van der Waals surface area contributed by atoms with Gasteiger partial charge < -0.3 is 19.6 Å². The van der Waals surface area contributed by atoms with Gasteiger partial charge >= 0.3 is 0 Å². The maximum absolute atomic E-state index is 2.50. The molecule has 0 unspecified atom stereocenters. The van der Waals surface area contributed by atoms with Gasteiger partial charge in [-0.25, -0.2) is 4.90 Å². The summed E-state index contributed by atoms with van der Waals surface area (Å²) < 4.78 is 0. The van der Waals surface area contributed by atoms with Crippen molar-refractivity contribution < 1.29 is 0 Å². The van der Waals surface area contributed by atoms with Gasteiger partial charge in [0.1, 0.15) is 0 Å². The Morgan fingerprint density at radius 2 is 0.750 bits per heavy atom. The largest absolute Gasteiger partial charge is 0.341 e. The first kappa shape index (κ1) is 19.0. The van der Waals surface area contributed by atoms with E-state index in [0.717, 1.165) is 0 Å². The molecular formula is C19H37N5. The van der Waals surface area contributed by atoms with Crippen LogP contribution in [0.2, 0.25) is 0 Å². The van der Waals surface area contributed by atoms with Crippen molar-refractivity contribution in [3.05, 3.63) is 24.8 Å². The molecule has 0 fully saturated rings. The lowest BCUT2D eigenvalue weighted by Crippen LogP contribution is -2.63. The van der Waals surface area contributed by atoms with E-state index in [1.807, 2.05) is 0 Å². The maximum Gasteiger partial charge on any atom is 0.163 e. The molecule has 0 aliphatic carbocycles. The van der Waals surface area contributed by atoms with Crippen LogP contribution in [0.1, 0.15) is 55.4 Å². The second-order valence-electron chi connectivity index (χ2n) is 8.12. The van der Waals surface area contributed by atoms with Crippen LogP contribution in [0.5, 0.6) is 0 Å². The SMILES string of the molecule is CC(C)N1C=CN(C(C)C)C1N(C)C1N(C(C)C)C=CN1C(C)C. The van der Waals surface area contributed by atoms with Crippen molar-refractivity contribution in [3.8, 4) is 0 Å². The minimum absolute atomic E-state index is 0.234. The van der Waals surface area contributed by atoms with Gasteiger partial charge in [-0.2, -0.15) is 0 Å². The Morgan fingerprint density at radius 3 is 0.917 bits per heavy atom. The second kappa shape index (κ2) is 7.26. The van der Waals surface area contributed by atoms with E-state index in [2.05, 4.69) is 112 Å². The fraction of sp³-hybridized carbons (Fsp3) is 0.789. The highest BCUT2D eigenvalue weighted by atomic mass is 15.6. The molecule has 0 aromatic carbocycles. The Labute approximate surface area is 149 Å². The standard InChI is InChI=1S/C19H37N5/c1-14(2)21-10-11-22(15(3)4)18(21)20(9)19-23(16(5)6)12-13-24(19)17(7)8/h10-19H,1-9H3. The zero-order chi connectivity index (χ0) is 18.2. The Balaban J connectivity index is 2.33. The number of hydrogen-bond acceptors (Lipinski definition) is 5. The maximum atomic E-state index is 2.50. The summed E-state index contributed by atoms with van der Waals surface area (Å²) in [5, 5.41) is 0. The van der Waals surface area contributed by atoms with Crippen LogP contribution in [0.3, 0.4) is 0 Å². The van der Waals surface area contributed by atoms with Crippen LogP contribution >= 0.6 is 0 Å². The van der Waals surface area contributed by atoms with Crippen molar-refractivity contribution in [3.63, 3.8) is 0 Å². The number of nitrogens with zero attached hydrogens (tertiary/aromatic N) is 5. The normalized spacial score (nSPS) is 19.9. The van der Waals surface area contributed by atoms with E-state index in [9.17, 15) is 0 Å². The molecule has 2 aliphatic rings. The Hall–Kier alpha value is -1.36. The van der Waals surface area contributed by atoms with Crippen LogP contribution in [0.4, 0.5) is 0 Å². The van der Waals surface area contributed by atoms with Crippen molar-refractivity contribution in [2.75, 3.05) is 7.05 Å². The molecule has 0 saturated heterocycles. The molecule has 0 saturated carbocycles. The van der Waals surface area contributed by atoms with Gasteiger partial charge in [0.25, 0.3) is 0 Å². The molecule has 138 valence electrons. The summed E-state index contributed by atoms with van der Waals surface area (Å²) >= 11 is 0. The molecule has 2 heterocycles. The van der Waals surface area contributed by atoms with Gasteiger partial charge in [0.2, 0.25) is 0 Å². The summed E-state index contributed by atoms with van der Waals surface area (Å²) in [5.74, 6) is 0. The summed E-state index contributed by atoms with van der Waals surface area (Å²) in [4.78, 5) is 12.3. The average molecular weight is 336 g/mol. The Morgan fingerprint density at radius 1 is 0.542 bits per heavy atom. The van der Waals surface area contributed by atoms with Crippen molar-refractivity contribution in [1.82, 2.24) is 24.5 Å². The van der Waals surface area contributed by atoms with Crippen molar-refractivity contribution in [2.24, 2.45) is 0 Å². The van der Waals surface area contributed by atoms with Gasteiger partial charge in [-0.15, -0.1) is 0 Å². The van der Waals surface area contributed by atoms with Crippen LogP contribution in [-0.4, -0.2) is 68.3 Å². The first-order valence-corrected chi connectivity index (χ1v) is 9.35. The van der Waals surface area contributed by atoms with Gasteiger partial charge in [0.05, 0.1) is 0 Å². The van der Waals surface area contributed by atoms with Crippen LogP contribution in [-0.2, 0) is 0 Å². The smallest absolute Gasteiger partial charge is 0.163 e. The predicted molar refractivity (Wildman–Crippen MR) is 102 cm³/mol. The molecule has 2 rings (SSSR count). The van der Waals surface area contributed by atoms with Crippen LogP contribution in [0.15, 0.2) is 24.8 Å². The van der Waals surface area contributed by atoms with E-state index in [1.54, 1.807) is 0 Å². The first-order chi connectivity index (χ1) is 11.2. The molecule has 0 radical (unpaired) electrons. The Bertz CT molecular complexity index is 390. The summed E-state index contributed by atoms with van der Waals surface area (Å²) in [6, 6.07) is 1.86. The van der Waals surface area contributed by atoms with Gasteiger partial charge in [0.15, 0.2) is 12.6 Å². The zero-order valence-corrected chi connectivity index (χ0v) is 17.0. The summed E-state index contributed by atoms with van der Waals surface area (Å²) in [5.41, 5.74) is 0. The zero-order valence-electron chi connectivity index (χ0n) is 17.0. The van der Waals surface area contributed by atoms with Gasteiger partial charge in [0, 0.05) is 49.0 Å². The van der Waals surface area contributed by atoms with Crippen molar-refractivity contribution in [1.29, 1.82) is 0 Å². The fourth-order valence-corrected chi connectivity index (χ4v) is 3.64. The third-order valence-corrected chi connectivity index (χ3v) is 5.00. The molecule has 0 aromatic rings. The van der Waals surface area contributed by atoms with E-state index in [1.165, 1.54) is 0 Å². The van der Waals surface area contributed by atoms with E-state index in [0.29, 0.717) is 24.2 Å². The molecule has 5 heteroatoms. The molecule has 0 aromatic heterocycles. The number of rotatable bonds is 6. The molecule has 5 nitrogen and oxygen atoms in total. The van der Waals surface area contributed by atoms with Gasteiger partial charge in [-0.05, 0) is 62.4 Å². The fourth-order valence-electron chi connectivity index (χ4n) is 3.64. The predicted octanol–water partition coefficient (Wildman–Crippen LogP) is 3.30. The average Bonchev–Trinajstić information content (AvgIpc) is 3.10. The lowest BCUT2D eigenvalue weighted by atomic mass is 10.2. The Kier molecular flexibility index (Phi) is 5.74. The molecule has 24 heavy (non-hydrogen) atoms. The molecule has 0 N–H and O–H groups in total. The highest BCUT2D eigenvalue weighted by Crippen LogP contribution is 2.30. The summed E-state index contributed by atoms with van der Waals surface area (Å²) in [6.45, 7) is 18.1. The van der Waals surface area contributed by atoms with E-state index in [-0.39, 0.29) is 12.6 Å². The van der Waals surface area contributed by atoms with Crippen molar-refractivity contribution >= 4 is 0 Å². The van der Waals surface area contributed by atoms with E-state index >= 15 is 0 Å². The highest BCUT2D eigenvalue weighted by Gasteiger charge is 2.41. The third kappa shape index (κ3) is 3.37. The van der Waals surface area contributed by atoms with Crippen LogP contribution in [0, 0.1) is 0 Å². The van der Waals surface area contributed by atoms with Crippen LogP contribution in [0.25, 0.3) is 0 Å². The van der Waals surface area contributed by atoms with E-state index in [4.69, 9.17) is 0 Å². The van der Waals surface area contributed by atoms with E-state index < -0.39 is 0 Å². The highest BCUT2D eigenvalue weighted by molar-refractivity contribution is 5.04. The topological polar surface area (TPSA) is 16.2 Å². The summed E-state index contributed by atoms with van der Waals surface area (Å²) in [6.07, 6.45) is 9.44. The molecule has 0 bridgehead atoms. The molecule has 0 spiro atoms. The van der Waals surface area contributed by atoms with Crippen LogP contribution < -0.4 is 0 Å². The molecule has 0 atom stereocenters. The minimum Gasteiger partial charge on any atom is -0.341 e. The molecular weight excluding hydrogens is 298 g/mol. The second-order valence-corrected chi connectivity index (χ2v) is 8.12. The third-order valence-electron chi connectivity index (χ3n) is 5.00. The minimum atomic E-state index is 0.234. The van der Waals surface area contributed by atoms with Gasteiger partial charge in [-0.3, -0.25) is 0 Å².